The van der Waals surface area contributed by atoms with Crippen molar-refractivity contribution in [3.63, 3.8) is 0 Å². The van der Waals surface area contributed by atoms with Gasteiger partial charge >= 0.3 is 0 Å². The predicted molar refractivity (Wildman–Crippen MR) is 90.4 cm³/mol. The summed E-state index contributed by atoms with van der Waals surface area (Å²) in [5.41, 5.74) is 2.04. The van der Waals surface area contributed by atoms with Crippen molar-refractivity contribution in [3.8, 4) is 5.75 Å². The number of amides is 1. The molecule has 0 saturated carbocycles. The highest BCUT2D eigenvalue weighted by molar-refractivity contribution is 9.10. The van der Waals surface area contributed by atoms with Gasteiger partial charge in [0.1, 0.15) is 5.75 Å². The van der Waals surface area contributed by atoms with Gasteiger partial charge in [0, 0.05) is 22.8 Å². The van der Waals surface area contributed by atoms with Gasteiger partial charge < -0.3 is 10.1 Å². The van der Waals surface area contributed by atoms with Gasteiger partial charge in [-0.3, -0.25) is 4.79 Å². The Hall–Kier alpha value is -1.60. The van der Waals surface area contributed by atoms with Crippen molar-refractivity contribution in [2.75, 3.05) is 13.4 Å². The number of halogens is 1. The highest BCUT2D eigenvalue weighted by Crippen LogP contribution is 2.23. The number of hydrogen-bond donors (Lipinski definition) is 1. The topological polar surface area (TPSA) is 64.1 Å². The molecule has 0 atom stereocenters. The number of rotatable bonds is 5. The van der Waals surface area contributed by atoms with Crippen LogP contribution < -0.4 is 10.1 Å². The molecule has 1 aromatic carbocycles. The fraction of sp³-hybridized carbons (Fsp3) is 0.267. The second kappa shape index (κ2) is 7.60. The Labute approximate surface area is 142 Å². The van der Waals surface area contributed by atoms with Crippen molar-refractivity contribution in [2.24, 2.45) is 0 Å². The molecule has 0 aliphatic heterocycles. The number of carbonyl (C=O) groups is 1. The van der Waals surface area contributed by atoms with Gasteiger partial charge in [-0.1, -0.05) is 27.7 Å². The third-order valence-corrected chi connectivity index (χ3v) is 4.12. The molecule has 2 rings (SSSR count). The minimum Gasteiger partial charge on any atom is -0.496 e. The molecule has 1 amide bonds. The highest BCUT2D eigenvalue weighted by Gasteiger charge is 2.12. The maximum Gasteiger partial charge on any atom is 0.254 e. The maximum atomic E-state index is 12.3. The summed E-state index contributed by atoms with van der Waals surface area (Å²) >= 11 is 4.86. The highest BCUT2D eigenvalue weighted by atomic mass is 79.9. The second-order valence-electron chi connectivity index (χ2n) is 4.49. The molecule has 0 bridgehead atoms. The van der Waals surface area contributed by atoms with Gasteiger partial charge in [-0.05, 0) is 31.4 Å². The summed E-state index contributed by atoms with van der Waals surface area (Å²) in [5, 5.41) is 3.52. The molecule has 2 aromatic rings. The first-order chi connectivity index (χ1) is 10.5. The Balaban J connectivity index is 2.12. The summed E-state index contributed by atoms with van der Waals surface area (Å²) in [4.78, 5) is 20.7. The zero-order valence-electron chi connectivity index (χ0n) is 12.5. The lowest BCUT2D eigenvalue weighted by molar-refractivity contribution is 0.0949. The SMILES string of the molecule is COc1ccc(Br)cc1CNC(=O)c1cnc(SC)nc1C. The lowest BCUT2D eigenvalue weighted by Gasteiger charge is -2.11. The van der Waals surface area contributed by atoms with Crippen LogP contribution in [-0.2, 0) is 6.54 Å². The van der Waals surface area contributed by atoms with E-state index in [-0.39, 0.29) is 5.91 Å². The van der Waals surface area contributed by atoms with Crippen molar-refractivity contribution in [2.45, 2.75) is 18.6 Å². The Morgan fingerprint density at radius 3 is 2.86 bits per heavy atom. The minimum absolute atomic E-state index is 0.202. The third-order valence-electron chi connectivity index (χ3n) is 3.07. The van der Waals surface area contributed by atoms with Crippen LogP contribution in [0.15, 0.2) is 34.0 Å². The Bertz CT molecular complexity index is 694. The van der Waals surface area contributed by atoms with Crippen LogP contribution in [-0.4, -0.2) is 29.2 Å². The molecular weight excluding hydrogens is 366 g/mol. The third kappa shape index (κ3) is 3.98. The van der Waals surface area contributed by atoms with Gasteiger partial charge in [-0.15, -0.1) is 0 Å². The van der Waals surface area contributed by atoms with E-state index < -0.39 is 0 Å². The number of ether oxygens (including phenoxy) is 1. The molecule has 0 spiro atoms. The number of aromatic nitrogens is 2. The van der Waals surface area contributed by atoms with Gasteiger partial charge in [-0.25, -0.2) is 9.97 Å². The molecule has 5 nitrogen and oxygen atoms in total. The summed E-state index contributed by atoms with van der Waals surface area (Å²) in [7, 11) is 1.60. The minimum atomic E-state index is -0.202. The first kappa shape index (κ1) is 16.8. The van der Waals surface area contributed by atoms with Gasteiger partial charge in [-0.2, -0.15) is 0 Å². The van der Waals surface area contributed by atoms with Crippen molar-refractivity contribution in [3.05, 3.63) is 45.7 Å². The van der Waals surface area contributed by atoms with Crippen molar-refractivity contribution in [1.82, 2.24) is 15.3 Å². The van der Waals surface area contributed by atoms with Gasteiger partial charge in [0.2, 0.25) is 0 Å². The smallest absolute Gasteiger partial charge is 0.254 e. The lowest BCUT2D eigenvalue weighted by Crippen LogP contribution is -2.24. The fourth-order valence-corrected chi connectivity index (χ4v) is 2.72. The molecule has 116 valence electrons. The molecule has 1 heterocycles. The second-order valence-corrected chi connectivity index (χ2v) is 6.18. The summed E-state index contributed by atoms with van der Waals surface area (Å²) < 4.78 is 6.22. The van der Waals surface area contributed by atoms with Gasteiger partial charge in [0.25, 0.3) is 5.91 Å². The molecule has 0 aliphatic carbocycles. The largest absolute Gasteiger partial charge is 0.496 e. The molecular formula is C15H16BrN3O2S. The zero-order chi connectivity index (χ0) is 16.1. The fourth-order valence-electron chi connectivity index (χ4n) is 1.92. The predicted octanol–water partition coefficient (Wildman–Crippen LogP) is 3.21. The normalized spacial score (nSPS) is 10.4. The standard InChI is InChI=1S/C15H16BrN3O2S/c1-9-12(8-18-15(19-9)22-3)14(20)17-7-10-6-11(16)4-5-13(10)21-2/h4-6,8H,7H2,1-3H3,(H,17,20). The molecule has 1 aromatic heterocycles. The Kier molecular flexibility index (Phi) is 5.79. The van der Waals surface area contributed by atoms with Crippen LogP contribution >= 0.6 is 27.7 Å². The summed E-state index contributed by atoms with van der Waals surface area (Å²) in [6, 6.07) is 5.66. The quantitative estimate of drug-likeness (QED) is 0.636. The number of aryl methyl sites for hydroxylation is 1. The zero-order valence-corrected chi connectivity index (χ0v) is 14.9. The van der Waals surface area contributed by atoms with E-state index in [4.69, 9.17) is 4.74 Å². The van der Waals surface area contributed by atoms with Crippen LogP contribution in [0.5, 0.6) is 5.75 Å². The van der Waals surface area contributed by atoms with Crippen molar-refractivity contribution in [1.29, 1.82) is 0 Å². The monoisotopic (exact) mass is 381 g/mol. The number of thioether (sulfide) groups is 1. The summed E-state index contributed by atoms with van der Waals surface area (Å²) in [5.74, 6) is 0.529. The van der Waals surface area contributed by atoms with Crippen LogP contribution in [0, 0.1) is 6.92 Å². The summed E-state index contributed by atoms with van der Waals surface area (Å²) in [6.45, 7) is 2.17. The van der Waals surface area contributed by atoms with Crippen LogP contribution in [0.3, 0.4) is 0 Å². The molecule has 7 heteroatoms. The summed E-state index contributed by atoms with van der Waals surface area (Å²) in [6.07, 6.45) is 3.45. The number of hydrogen-bond acceptors (Lipinski definition) is 5. The van der Waals surface area contributed by atoms with E-state index in [1.807, 2.05) is 24.5 Å². The molecule has 0 unspecified atom stereocenters. The van der Waals surface area contributed by atoms with Crippen molar-refractivity contribution >= 4 is 33.6 Å². The first-order valence-corrected chi connectivity index (χ1v) is 8.55. The van der Waals surface area contributed by atoms with Gasteiger partial charge in [0.15, 0.2) is 5.16 Å². The molecule has 0 aliphatic rings. The van der Waals surface area contributed by atoms with Gasteiger partial charge in [0.05, 0.1) is 18.4 Å². The van der Waals surface area contributed by atoms with Crippen LogP contribution in [0.25, 0.3) is 0 Å². The molecule has 1 N–H and O–H groups in total. The number of methoxy groups -OCH3 is 1. The maximum absolute atomic E-state index is 12.3. The number of nitrogens with zero attached hydrogens (tertiary/aromatic N) is 2. The average Bonchev–Trinajstić information content (AvgIpc) is 2.52. The Morgan fingerprint density at radius 2 is 2.23 bits per heavy atom. The van der Waals surface area contributed by atoms with Crippen molar-refractivity contribution < 1.29 is 9.53 Å². The number of nitrogens with one attached hydrogen (secondary N) is 1. The van der Waals surface area contributed by atoms with E-state index in [1.54, 1.807) is 20.2 Å². The molecule has 0 fully saturated rings. The van der Waals surface area contributed by atoms with E-state index >= 15 is 0 Å². The molecule has 0 radical (unpaired) electrons. The van der Waals surface area contributed by atoms with E-state index in [0.717, 1.165) is 15.8 Å². The number of carbonyl (C=O) groups excluding carboxylic acids is 1. The first-order valence-electron chi connectivity index (χ1n) is 6.53. The van der Waals surface area contributed by atoms with E-state index in [0.29, 0.717) is 23.0 Å². The van der Waals surface area contributed by atoms with E-state index in [1.165, 1.54) is 11.8 Å². The van der Waals surface area contributed by atoms with Crippen LogP contribution in [0.2, 0.25) is 0 Å². The van der Waals surface area contributed by atoms with E-state index in [2.05, 4.69) is 31.2 Å². The molecule has 0 saturated heterocycles. The lowest BCUT2D eigenvalue weighted by atomic mass is 10.2. The van der Waals surface area contributed by atoms with Crippen LogP contribution in [0.4, 0.5) is 0 Å². The Morgan fingerprint density at radius 1 is 1.45 bits per heavy atom. The number of benzene rings is 1. The van der Waals surface area contributed by atoms with E-state index in [9.17, 15) is 4.79 Å². The average molecular weight is 382 g/mol. The van der Waals surface area contributed by atoms with Crippen LogP contribution in [0.1, 0.15) is 21.6 Å². The molecule has 22 heavy (non-hydrogen) atoms.